The van der Waals surface area contributed by atoms with E-state index in [9.17, 15) is 24.2 Å². The molecule has 2 N–H and O–H groups in total. The number of hydrogen-bond donors (Lipinski definition) is 2. The van der Waals surface area contributed by atoms with Gasteiger partial charge < -0.3 is 19.7 Å². The van der Waals surface area contributed by atoms with Crippen molar-refractivity contribution in [3.63, 3.8) is 0 Å². The molecule has 10 heteroatoms. The zero-order chi connectivity index (χ0) is 31.6. The summed E-state index contributed by atoms with van der Waals surface area (Å²) in [5.74, 6) is -0.320. The van der Waals surface area contributed by atoms with Crippen LogP contribution in [0.2, 0.25) is 0 Å². The van der Waals surface area contributed by atoms with Crippen LogP contribution in [0.1, 0.15) is 68.1 Å². The molecule has 2 aromatic heterocycles. The quantitative estimate of drug-likeness (QED) is 0.243. The Morgan fingerprint density at radius 1 is 1.16 bits per heavy atom. The summed E-state index contributed by atoms with van der Waals surface area (Å²) in [6, 6.07) is 10.9. The summed E-state index contributed by atoms with van der Waals surface area (Å²) >= 11 is 0. The fraction of sp³-hybridized carbons (Fsp3) is 0.412. The van der Waals surface area contributed by atoms with E-state index >= 15 is 0 Å². The lowest BCUT2D eigenvalue weighted by molar-refractivity contribution is -0.140. The number of methoxy groups -OCH3 is 1. The maximum absolute atomic E-state index is 13.9. The largest absolute Gasteiger partial charge is 0.494 e. The van der Waals surface area contributed by atoms with Gasteiger partial charge in [-0.1, -0.05) is 0 Å². The van der Waals surface area contributed by atoms with Gasteiger partial charge in [-0.2, -0.15) is 5.10 Å². The molecule has 1 saturated carbocycles. The van der Waals surface area contributed by atoms with Crippen molar-refractivity contribution < 1.29 is 33.7 Å². The Kier molecular flexibility index (Phi) is 7.13. The fourth-order valence-electron chi connectivity index (χ4n) is 6.36. The number of pyridine rings is 1. The zero-order valence-corrected chi connectivity index (χ0v) is 25.5. The molecule has 6 rings (SSSR count). The number of aromatic nitrogens is 3. The van der Waals surface area contributed by atoms with E-state index in [0.717, 1.165) is 18.2 Å². The number of aliphatic hydroxyl groups is 2. The Bertz CT molecular complexity index is 1790. The van der Waals surface area contributed by atoms with Crippen molar-refractivity contribution in [3.05, 3.63) is 71.3 Å². The van der Waals surface area contributed by atoms with Crippen LogP contribution in [-0.4, -0.2) is 55.9 Å². The van der Waals surface area contributed by atoms with E-state index in [1.54, 1.807) is 49.0 Å². The lowest BCUT2D eigenvalue weighted by atomic mass is 9.73. The summed E-state index contributed by atoms with van der Waals surface area (Å²) in [4.78, 5) is 32.0. The molecule has 3 heterocycles. The first kappa shape index (κ1) is 29.9. The predicted octanol–water partition coefficient (Wildman–Crippen LogP) is 5.03. The monoisotopic (exact) mass is 601 g/mol. The molecule has 0 bridgehead atoms. The third-order valence-corrected chi connectivity index (χ3v) is 8.91. The molecular formula is C34H36FN3O6. The van der Waals surface area contributed by atoms with Crippen molar-refractivity contribution in [2.75, 3.05) is 13.7 Å². The lowest BCUT2D eigenvalue weighted by Gasteiger charge is -2.31. The first-order valence-electron chi connectivity index (χ1n) is 14.7. The van der Waals surface area contributed by atoms with E-state index in [-0.39, 0.29) is 31.1 Å². The molecule has 2 atom stereocenters. The second-order valence-electron chi connectivity index (χ2n) is 12.8. The van der Waals surface area contributed by atoms with Crippen LogP contribution in [0.3, 0.4) is 0 Å². The van der Waals surface area contributed by atoms with Crippen LogP contribution in [-0.2, 0) is 22.9 Å². The number of rotatable bonds is 10. The molecule has 1 aliphatic carbocycles. The number of nitrogens with zero attached hydrogens (tertiary/aromatic N) is 3. The Hall–Kier alpha value is -4.15. The van der Waals surface area contributed by atoms with Crippen LogP contribution < -0.4 is 9.47 Å². The molecule has 0 amide bonds. The minimum Gasteiger partial charge on any atom is -0.494 e. The normalized spacial score (nSPS) is 19.4. The summed E-state index contributed by atoms with van der Waals surface area (Å²) < 4.78 is 27.1. The topological polar surface area (TPSA) is 124 Å². The third kappa shape index (κ3) is 5.05. The maximum atomic E-state index is 13.9. The highest BCUT2D eigenvalue weighted by molar-refractivity contribution is 6.01. The first-order chi connectivity index (χ1) is 20.7. The third-order valence-electron chi connectivity index (χ3n) is 8.91. The molecular weight excluding hydrogens is 565 g/mol. The molecule has 230 valence electrons. The smallest absolute Gasteiger partial charge is 0.177 e. The number of halogens is 1. The van der Waals surface area contributed by atoms with Crippen LogP contribution in [0, 0.1) is 11.7 Å². The average Bonchev–Trinajstić information content (AvgIpc) is 3.70. The highest BCUT2D eigenvalue weighted by Crippen LogP contribution is 2.52. The standard InChI is InChI=1S/C34H36FN3O6/c1-32(2,41)31(40)33(3)18-44-30-24(33)16-27(36-29(30)19-6-10-23(35)11-7-19)34(42,22-8-9-22)13-12-25(39)20-14-21-17-38(4)37-28(21)26(15-20)43-5/h6-7,10-11,14-17,22,41-42H,8-9,12-13,18H2,1-5H3/t33-,34+/m0/s1. The Balaban J connectivity index is 1.41. The Morgan fingerprint density at radius 3 is 2.50 bits per heavy atom. The van der Waals surface area contributed by atoms with Gasteiger partial charge >= 0.3 is 0 Å². The predicted molar refractivity (Wildman–Crippen MR) is 161 cm³/mol. The second kappa shape index (κ2) is 10.5. The minimum atomic E-state index is -1.64. The first-order valence-corrected chi connectivity index (χ1v) is 14.7. The molecule has 9 nitrogen and oxygen atoms in total. The molecule has 2 aromatic carbocycles. The molecule has 0 saturated heterocycles. The van der Waals surface area contributed by atoms with Gasteiger partial charge in [0.15, 0.2) is 11.6 Å². The molecule has 0 unspecified atom stereocenters. The average molecular weight is 602 g/mol. The van der Waals surface area contributed by atoms with Gasteiger partial charge in [0.2, 0.25) is 0 Å². The van der Waals surface area contributed by atoms with E-state index < -0.39 is 28.2 Å². The number of Topliss-reactive ketones (excluding diaryl/α,β-unsaturated/α-hetero) is 2. The van der Waals surface area contributed by atoms with E-state index in [0.29, 0.717) is 45.1 Å². The number of fused-ring (bicyclic) bond motifs is 2. The molecule has 0 spiro atoms. The molecule has 2 aliphatic rings. The van der Waals surface area contributed by atoms with E-state index in [1.807, 2.05) is 6.20 Å². The highest BCUT2D eigenvalue weighted by Gasteiger charge is 2.52. The molecule has 4 aromatic rings. The van der Waals surface area contributed by atoms with Crippen LogP contribution in [0.15, 0.2) is 48.7 Å². The van der Waals surface area contributed by atoms with Gasteiger partial charge in [-0.25, -0.2) is 9.37 Å². The Morgan fingerprint density at radius 2 is 1.86 bits per heavy atom. The second-order valence-corrected chi connectivity index (χ2v) is 12.8. The molecule has 0 radical (unpaired) electrons. The van der Waals surface area contributed by atoms with Gasteiger partial charge in [0.1, 0.15) is 46.3 Å². The SMILES string of the molecule is COc1cc(C(=O)CC[C@](O)(c2cc3c(c(-c4ccc(F)cc4)n2)OC[C@]3(C)C(=O)C(C)(C)O)C2CC2)cc2cn(C)nc12. The van der Waals surface area contributed by atoms with Gasteiger partial charge in [0.05, 0.1) is 18.2 Å². The number of aryl methyl sites for hydroxylation is 1. The molecule has 1 aliphatic heterocycles. The number of ether oxygens (including phenoxy) is 2. The lowest BCUT2D eigenvalue weighted by Crippen LogP contribution is -2.47. The number of hydrogen-bond acceptors (Lipinski definition) is 8. The van der Waals surface area contributed by atoms with Crippen LogP contribution >= 0.6 is 0 Å². The van der Waals surface area contributed by atoms with E-state index in [1.165, 1.54) is 33.1 Å². The van der Waals surface area contributed by atoms with Crippen LogP contribution in [0.5, 0.6) is 11.5 Å². The summed E-state index contributed by atoms with van der Waals surface area (Å²) in [6.45, 7) is 4.56. The van der Waals surface area contributed by atoms with Crippen molar-refractivity contribution in [1.29, 1.82) is 0 Å². The highest BCUT2D eigenvalue weighted by atomic mass is 19.1. The van der Waals surface area contributed by atoms with E-state index in [2.05, 4.69) is 5.10 Å². The van der Waals surface area contributed by atoms with Gasteiger partial charge in [-0.15, -0.1) is 0 Å². The number of benzene rings is 2. The Labute approximate surface area is 254 Å². The van der Waals surface area contributed by atoms with Gasteiger partial charge in [-0.05, 0) is 88.4 Å². The van der Waals surface area contributed by atoms with Gasteiger partial charge in [0, 0.05) is 41.7 Å². The van der Waals surface area contributed by atoms with Crippen molar-refractivity contribution >= 4 is 22.5 Å². The van der Waals surface area contributed by atoms with Gasteiger partial charge in [-0.3, -0.25) is 14.3 Å². The maximum Gasteiger partial charge on any atom is 0.177 e. The number of carbonyl (C=O) groups excluding carboxylic acids is 2. The summed E-state index contributed by atoms with van der Waals surface area (Å²) in [5.41, 5.74) is -1.53. The van der Waals surface area contributed by atoms with Crippen molar-refractivity contribution in [1.82, 2.24) is 14.8 Å². The zero-order valence-electron chi connectivity index (χ0n) is 25.5. The molecule has 1 fully saturated rings. The summed E-state index contributed by atoms with van der Waals surface area (Å²) in [7, 11) is 3.33. The van der Waals surface area contributed by atoms with Crippen molar-refractivity contribution in [2.45, 2.75) is 63.1 Å². The minimum absolute atomic E-state index is 0.0243. The number of carbonyl (C=O) groups is 2. The van der Waals surface area contributed by atoms with Crippen molar-refractivity contribution in [3.8, 4) is 22.8 Å². The summed E-state index contributed by atoms with van der Waals surface area (Å²) in [5, 5.41) is 28.2. The van der Waals surface area contributed by atoms with Gasteiger partial charge in [0.25, 0.3) is 0 Å². The van der Waals surface area contributed by atoms with Crippen LogP contribution in [0.25, 0.3) is 22.2 Å². The molecule has 44 heavy (non-hydrogen) atoms. The fourth-order valence-corrected chi connectivity index (χ4v) is 6.36. The number of ketones is 2. The van der Waals surface area contributed by atoms with Crippen molar-refractivity contribution in [2.24, 2.45) is 13.0 Å². The van der Waals surface area contributed by atoms with E-state index in [4.69, 9.17) is 14.5 Å². The summed E-state index contributed by atoms with van der Waals surface area (Å²) in [6.07, 6.45) is 3.44. The van der Waals surface area contributed by atoms with Crippen LogP contribution in [0.4, 0.5) is 4.39 Å².